The van der Waals surface area contributed by atoms with E-state index in [9.17, 15) is 4.79 Å². The average molecular weight is 438 g/mol. The highest BCUT2D eigenvalue weighted by atomic mass is 35.5. The Hall–Kier alpha value is -2.75. The SMILES string of the molecule is CCCN1C(=O)/C(=C\c2ccc(OCc3ccc(Cl)c(Cl)c3)cc2)c2ccccc21. The fourth-order valence-corrected chi connectivity index (χ4v) is 3.84. The van der Waals surface area contributed by atoms with Gasteiger partial charge >= 0.3 is 0 Å². The molecule has 0 radical (unpaired) electrons. The molecule has 1 aliphatic rings. The second kappa shape index (κ2) is 8.95. The van der Waals surface area contributed by atoms with Gasteiger partial charge in [-0.3, -0.25) is 4.79 Å². The molecule has 0 aromatic heterocycles. The van der Waals surface area contributed by atoms with Gasteiger partial charge in [-0.2, -0.15) is 0 Å². The molecule has 1 amide bonds. The Labute approximate surface area is 186 Å². The lowest BCUT2D eigenvalue weighted by atomic mass is 10.0. The minimum absolute atomic E-state index is 0.0537. The summed E-state index contributed by atoms with van der Waals surface area (Å²) in [6.07, 6.45) is 2.86. The number of rotatable bonds is 6. The lowest BCUT2D eigenvalue weighted by molar-refractivity contribution is -0.113. The zero-order chi connectivity index (χ0) is 21.1. The first-order valence-electron chi connectivity index (χ1n) is 9.86. The van der Waals surface area contributed by atoms with Crippen molar-refractivity contribution >= 4 is 46.4 Å². The molecular formula is C25H21Cl2NO2. The Morgan fingerprint density at radius 1 is 0.967 bits per heavy atom. The van der Waals surface area contributed by atoms with Crippen LogP contribution in [0, 0.1) is 0 Å². The molecule has 1 heterocycles. The van der Waals surface area contributed by atoms with Crippen molar-refractivity contribution in [3.8, 4) is 5.75 Å². The lowest BCUT2D eigenvalue weighted by Gasteiger charge is -2.15. The highest BCUT2D eigenvalue weighted by Crippen LogP contribution is 2.37. The number of ether oxygens (including phenoxy) is 1. The Bertz CT molecular complexity index is 1110. The monoisotopic (exact) mass is 437 g/mol. The molecule has 152 valence electrons. The van der Waals surface area contributed by atoms with Crippen molar-refractivity contribution in [2.45, 2.75) is 20.0 Å². The number of halogens is 2. The van der Waals surface area contributed by atoms with E-state index in [1.54, 1.807) is 12.1 Å². The third-order valence-electron chi connectivity index (χ3n) is 4.99. The van der Waals surface area contributed by atoms with Gasteiger partial charge in [-0.1, -0.05) is 66.5 Å². The minimum atomic E-state index is 0.0537. The van der Waals surface area contributed by atoms with Crippen LogP contribution in [-0.4, -0.2) is 12.5 Å². The summed E-state index contributed by atoms with van der Waals surface area (Å²) in [7, 11) is 0. The van der Waals surface area contributed by atoms with Crippen LogP contribution in [0.2, 0.25) is 10.0 Å². The number of para-hydroxylation sites is 1. The quantitative estimate of drug-likeness (QED) is 0.393. The van der Waals surface area contributed by atoms with Crippen LogP contribution in [0.1, 0.15) is 30.0 Å². The van der Waals surface area contributed by atoms with Gasteiger partial charge in [0.1, 0.15) is 12.4 Å². The van der Waals surface area contributed by atoms with Crippen LogP contribution in [-0.2, 0) is 11.4 Å². The van der Waals surface area contributed by atoms with Gasteiger partial charge in [-0.05, 0) is 54.0 Å². The average Bonchev–Trinajstić information content (AvgIpc) is 3.02. The molecule has 30 heavy (non-hydrogen) atoms. The predicted octanol–water partition coefficient (Wildman–Crippen LogP) is 6.87. The number of nitrogens with zero attached hydrogens (tertiary/aromatic N) is 1. The van der Waals surface area contributed by atoms with E-state index in [0.717, 1.165) is 40.1 Å². The first-order chi connectivity index (χ1) is 14.6. The van der Waals surface area contributed by atoms with E-state index in [4.69, 9.17) is 27.9 Å². The smallest absolute Gasteiger partial charge is 0.258 e. The minimum Gasteiger partial charge on any atom is -0.489 e. The molecule has 1 aliphatic heterocycles. The van der Waals surface area contributed by atoms with E-state index in [1.807, 2.05) is 65.6 Å². The number of anilines is 1. The van der Waals surface area contributed by atoms with Crippen molar-refractivity contribution in [2.24, 2.45) is 0 Å². The van der Waals surface area contributed by atoms with Gasteiger partial charge < -0.3 is 9.64 Å². The van der Waals surface area contributed by atoms with Crippen molar-refractivity contribution in [1.29, 1.82) is 0 Å². The molecule has 3 aromatic rings. The van der Waals surface area contributed by atoms with Crippen molar-refractivity contribution in [1.82, 2.24) is 0 Å². The molecule has 3 aromatic carbocycles. The lowest BCUT2D eigenvalue weighted by Crippen LogP contribution is -2.26. The van der Waals surface area contributed by atoms with Crippen molar-refractivity contribution in [2.75, 3.05) is 11.4 Å². The Morgan fingerprint density at radius 2 is 1.73 bits per heavy atom. The zero-order valence-electron chi connectivity index (χ0n) is 16.6. The number of amides is 1. The van der Waals surface area contributed by atoms with E-state index in [1.165, 1.54) is 0 Å². The largest absolute Gasteiger partial charge is 0.489 e. The summed E-state index contributed by atoms with van der Waals surface area (Å²) in [5, 5.41) is 1.04. The first kappa shape index (κ1) is 20.5. The number of benzene rings is 3. The van der Waals surface area contributed by atoms with E-state index in [-0.39, 0.29) is 5.91 Å². The molecule has 0 saturated heterocycles. The van der Waals surface area contributed by atoms with E-state index in [0.29, 0.717) is 23.2 Å². The highest BCUT2D eigenvalue weighted by Gasteiger charge is 2.31. The second-order valence-corrected chi connectivity index (χ2v) is 7.95. The zero-order valence-corrected chi connectivity index (χ0v) is 18.1. The van der Waals surface area contributed by atoms with Gasteiger partial charge in [0.2, 0.25) is 0 Å². The molecule has 4 rings (SSSR count). The fraction of sp³-hybridized carbons (Fsp3) is 0.160. The Balaban J connectivity index is 1.51. The molecule has 3 nitrogen and oxygen atoms in total. The van der Waals surface area contributed by atoms with Crippen LogP contribution >= 0.6 is 23.2 Å². The molecular weight excluding hydrogens is 417 g/mol. The van der Waals surface area contributed by atoms with E-state index < -0.39 is 0 Å². The molecule has 0 bridgehead atoms. The topological polar surface area (TPSA) is 29.5 Å². The Morgan fingerprint density at radius 3 is 2.47 bits per heavy atom. The van der Waals surface area contributed by atoms with Crippen molar-refractivity contribution in [3.05, 3.63) is 93.5 Å². The summed E-state index contributed by atoms with van der Waals surface area (Å²) in [5.41, 5.74) is 4.59. The maximum absolute atomic E-state index is 12.9. The van der Waals surface area contributed by atoms with Crippen molar-refractivity contribution < 1.29 is 9.53 Å². The number of hydrogen-bond acceptors (Lipinski definition) is 2. The van der Waals surface area contributed by atoms with Gasteiger partial charge in [0.25, 0.3) is 5.91 Å². The normalized spacial score (nSPS) is 14.3. The van der Waals surface area contributed by atoms with Gasteiger partial charge in [0.15, 0.2) is 0 Å². The molecule has 0 atom stereocenters. The van der Waals surface area contributed by atoms with Crippen LogP contribution in [0.4, 0.5) is 5.69 Å². The van der Waals surface area contributed by atoms with Crippen molar-refractivity contribution in [3.63, 3.8) is 0 Å². The summed E-state index contributed by atoms with van der Waals surface area (Å²) < 4.78 is 5.84. The summed E-state index contributed by atoms with van der Waals surface area (Å²) in [4.78, 5) is 14.8. The molecule has 0 spiro atoms. The third kappa shape index (κ3) is 4.23. The fourth-order valence-electron chi connectivity index (χ4n) is 3.51. The van der Waals surface area contributed by atoms with Crippen LogP contribution in [0.5, 0.6) is 5.75 Å². The predicted molar refractivity (Wildman–Crippen MR) is 124 cm³/mol. The van der Waals surface area contributed by atoms with Crippen LogP contribution < -0.4 is 9.64 Å². The molecule has 0 N–H and O–H groups in total. The van der Waals surface area contributed by atoms with Gasteiger partial charge in [-0.15, -0.1) is 0 Å². The second-order valence-electron chi connectivity index (χ2n) is 7.14. The first-order valence-corrected chi connectivity index (χ1v) is 10.6. The van der Waals surface area contributed by atoms with E-state index in [2.05, 4.69) is 6.92 Å². The summed E-state index contributed by atoms with van der Waals surface area (Å²) in [5.74, 6) is 0.798. The third-order valence-corrected chi connectivity index (χ3v) is 5.73. The molecule has 0 aliphatic carbocycles. The van der Waals surface area contributed by atoms with Gasteiger partial charge in [-0.25, -0.2) is 0 Å². The summed E-state index contributed by atoms with van der Waals surface area (Å²) in [6, 6.07) is 21.1. The van der Waals surface area contributed by atoms with Crippen LogP contribution in [0.15, 0.2) is 66.7 Å². The molecule has 0 unspecified atom stereocenters. The number of fused-ring (bicyclic) bond motifs is 1. The summed E-state index contributed by atoms with van der Waals surface area (Å²) >= 11 is 12.0. The molecule has 0 saturated carbocycles. The van der Waals surface area contributed by atoms with Crippen LogP contribution in [0.25, 0.3) is 11.6 Å². The highest BCUT2D eigenvalue weighted by molar-refractivity contribution is 6.42. The van der Waals surface area contributed by atoms with Gasteiger partial charge in [0.05, 0.1) is 15.7 Å². The summed E-state index contributed by atoms with van der Waals surface area (Å²) in [6.45, 7) is 3.19. The maximum Gasteiger partial charge on any atom is 0.258 e. The molecule has 0 fully saturated rings. The number of hydrogen-bond donors (Lipinski definition) is 0. The Kier molecular flexibility index (Phi) is 6.12. The number of carbonyl (C=O) groups is 1. The van der Waals surface area contributed by atoms with E-state index >= 15 is 0 Å². The van der Waals surface area contributed by atoms with Crippen LogP contribution in [0.3, 0.4) is 0 Å². The maximum atomic E-state index is 12.9. The molecule has 5 heteroatoms. The van der Waals surface area contributed by atoms with Gasteiger partial charge in [0, 0.05) is 17.7 Å². The number of carbonyl (C=O) groups excluding carboxylic acids is 1. The standard InChI is InChI=1S/C25H21Cl2NO2/c1-2-13-28-24-6-4-3-5-20(24)21(25(28)29)14-17-7-10-19(11-8-17)30-16-18-9-12-22(26)23(27)15-18/h3-12,14-15H,2,13,16H2,1H3/b21-14-.